The molecule has 1 heterocycles. The summed E-state index contributed by atoms with van der Waals surface area (Å²) in [5, 5.41) is 3.46. The van der Waals surface area contributed by atoms with Gasteiger partial charge in [0.1, 0.15) is 0 Å². The molecule has 3 heteroatoms. The Morgan fingerprint density at radius 3 is 2.65 bits per heavy atom. The van der Waals surface area contributed by atoms with Gasteiger partial charge in [0, 0.05) is 30.4 Å². The minimum absolute atomic E-state index is 0.140. The Morgan fingerprint density at radius 1 is 1.24 bits per heavy atom. The number of H-pyrrole nitrogens is 1. The van der Waals surface area contributed by atoms with E-state index in [2.05, 4.69) is 59.5 Å². The molecule has 0 unspecified atom stereocenters. The molecular formula is C14H19N3. The zero-order valence-electron chi connectivity index (χ0n) is 10.4. The molecule has 0 amide bonds. The summed E-state index contributed by atoms with van der Waals surface area (Å²) >= 11 is 0. The van der Waals surface area contributed by atoms with Crippen molar-refractivity contribution in [3.63, 3.8) is 0 Å². The summed E-state index contributed by atoms with van der Waals surface area (Å²) in [6, 6.07) is 10.6. The lowest BCUT2D eigenvalue weighted by Gasteiger charge is -2.25. The molecule has 2 aromatic rings. The first-order valence-corrected chi connectivity index (χ1v) is 5.92. The van der Waals surface area contributed by atoms with E-state index in [1.54, 1.807) is 6.33 Å². The molecule has 0 fully saturated rings. The maximum Gasteiger partial charge on any atom is 0.0922 e. The highest BCUT2D eigenvalue weighted by Crippen LogP contribution is 2.21. The first-order chi connectivity index (χ1) is 8.18. The lowest BCUT2D eigenvalue weighted by Crippen LogP contribution is -2.32. The number of aromatic amines is 1. The van der Waals surface area contributed by atoms with Crippen molar-refractivity contribution in [1.82, 2.24) is 15.3 Å². The minimum Gasteiger partial charge on any atom is -0.347 e. The normalized spacial score (nSPS) is 11.6. The van der Waals surface area contributed by atoms with E-state index in [0.717, 1.165) is 18.8 Å². The summed E-state index contributed by atoms with van der Waals surface area (Å²) < 4.78 is 0. The van der Waals surface area contributed by atoms with Crippen molar-refractivity contribution in [3.05, 3.63) is 54.1 Å². The van der Waals surface area contributed by atoms with E-state index in [-0.39, 0.29) is 5.41 Å². The lowest BCUT2D eigenvalue weighted by molar-refractivity contribution is 0.467. The van der Waals surface area contributed by atoms with E-state index >= 15 is 0 Å². The van der Waals surface area contributed by atoms with Crippen molar-refractivity contribution in [1.29, 1.82) is 0 Å². The molecule has 2 N–H and O–H groups in total. The predicted octanol–water partition coefficient (Wildman–Crippen LogP) is 2.48. The van der Waals surface area contributed by atoms with Gasteiger partial charge in [-0.1, -0.05) is 44.2 Å². The van der Waals surface area contributed by atoms with Gasteiger partial charge < -0.3 is 10.3 Å². The zero-order valence-corrected chi connectivity index (χ0v) is 10.4. The highest BCUT2D eigenvalue weighted by Gasteiger charge is 2.19. The van der Waals surface area contributed by atoms with Crippen LogP contribution in [0.4, 0.5) is 0 Å². The van der Waals surface area contributed by atoms with Crippen molar-refractivity contribution in [2.24, 2.45) is 0 Å². The second-order valence-electron chi connectivity index (χ2n) is 4.93. The van der Waals surface area contributed by atoms with Crippen LogP contribution in [-0.4, -0.2) is 16.5 Å². The lowest BCUT2D eigenvalue weighted by atomic mass is 9.84. The summed E-state index contributed by atoms with van der Waals surface area (Å²) in [6.45, 7) is 6.27. The van der Waals surface area contributed by atoms with E-state index < -0.39 is 0 Å². The first-order valence-electron chi connectivity index (χ1n) is 5.92. The average Bonchev–Trinajstić information content (AvgIpc) is 2.83. The fourth-order valence-corrected chi connectivity index (χ4v) is 1.88. The summed E-state index contributed by atoms with van der Waals surface area (Å²) in [5.41, 5.74) is 2.62. The van der Waals surface area contributed by atoms with Gasteiger partial charge >= 0.3 is 0 Å². The van der Waals surface area contributed by atoms with Gasteiger partial charge in [0.05, 0.1) is 6.33 Å². The Labute approximate surface area is 102 Å². The van der Waals surface area contributed by atoms with Crippen LogP contribution in [0.2, 0.25) is 0 Å². The van der Waals surface area contributed by atoms with Crippen LogP contribution in [-0.2, 0) is 12.0 Å². The van der Waals surface area contributed by atoms with Crippen molar-refractivity contribution in [3.8, 4) is 0 Å². The van der Waals surface area contributed by atoms with Crippen molar-refractivity contribution in [2.75, 3.05) is 6.54 Å². The average molecular weight is 229 g/mol. The number of aromatic nitrogens is 2. The second-order valence-corrected chi connectivity index (χ2v) is 4.93. The third-order valence-corrected chi connectivity index (χ3v) is 2.99. The summed E-state index contributed by atoms with van der Waals surface area (Å²) in [5.74, 6) is 0. The molecule has 0 aliphatic rings. The quantitative estimate of drug-likeness (QED) is 0.827. The van der Waals surface area contributed by atoms with Gasteiger partial charge in [-0.15, -0.1) is 0 Å². The van der Waals surface area contributed by atoms with E-state index in [0.29, 0.717) is 0 Å². The van der Waals surface area contributed by atoms with Gasteiger partial charge in [0.25, 0.3) is 0 Å². The number of rotatable bonds is 5. The molecule has 0 aliphatic carbocycles. The molecule has 0 bridgehead atoms. The largest absolute Gasteiger partial charge is 0.347 e. The van der Waals surface area contributed by atoms with Crippen molar-refractivity contribution >= 4 is 0 Å². The molecule has 0 radical (unpaired) electrons. The molecular weight excluding hydrogens is 210 g/mol. The third-order valence-electron chi connectivity index (χ3n) is 2.99. The zero-order chi connectivity index (χ0) is 12.1. The van der Waals surface area contributed by atoms with E-state index in [1.165, 1.54) is 5.56 Å². The molecule has 1 aromatic heterocycles. The highest BCUT2D eigenvalue weighted by atomic mass is 14.9. The van der Waals surface area contributed by atoms with Crippen LogP contribution < -0.4 is 5.32 Å². The SMILES string of the molecule is CC(C)(CNCc1cnc[nH]1)c1ccccc1. The van der Waals surface area contributed by atoms with Gasteiger partial charge in [-0.25, -0.2) is 4.98 Å². The summed E-state index contributed by atoms with van der Waals surface area (Å²) in [6.07, 6.45) is 3.56. The van der Waals surface area contributed by atoms with Crippen LogP contribution in [0.3, 0.4) is 0 Å². The topological polar surface area (TPSA) is 40.7 Å². The highest BCUT2D eigenvalue weighted by molar-refractivity contribution is 5.23. The number of nitrogens with one attached hydrogen (secondary N) is 2. The maximum absolute atomic E-state index is 4.00. The molecule has 2 rings (SSSR count). The Morgan fingerprint density at radius 2 is 2.00 bits per heavy atom. The van der Waals surface area contributed by atoms with Crippen molar-refractivity contribution < 1.29 is 0 Å². The van der Waals surface area contributed by atoms with Gasteiger partial charge in [0.15, 0.2) is 0 Å². The Bertz CT molecular complexity index is 432. The molecule has 0 spiro atoms. The Hall–Kier alpha value is -1.61. The van der Waals surface area contributed by atoms with Gasteiger partial charge in [-0.2, -0.15) is 0 Å². The van der Waals surface area contributed by atoms with Crippen LogP contribution in [0.15, 0.2) is 42.9 Å². The molecule has 0 saturated carbocycles. The van der Waals surface area contributed by atoms with E-state index in [9.17, 15) is 0 Å². The van der Waals surface area contributed by atoms with Crippen LogP contribution in [0.5, 0.6) is 0 Å². The molecule has 0 atom stereocenters. The monoisotopic (exact) mass is 229 g/mol. The Kier molecular flexibility index (Phi) is 3.59. The molecule has 90 valence electrons. The number of benzene rings is 1. The third kappa shape index (κ3) is 3.17. The molecule has 3 nitrogen and oxygen atoms in total. The number of hydrogen-bond acceptors (Lipinski definition) is 2. The number of nitrogens with zero attached hydrogens (tertiary/aromatic N) is 1. The second kappa shape index (κ2) is 5.15. The van der Waals surface area contributed by atoms with Crippen LogP contribution in [0, 0.1) is 0 Å². The molecule has 0 saturated heterocycles. The van der Waals surface area contributed by atoms with Gasteiger partial charge in [-0.3, -0.25) is 0 Å². The minimum atomic E-state index is 0.140. The number of hydrogen-bond donors (Lipinski definition) is 2. The fourth-order valence-electron chi connectivity index (χ4n) is 1.88. The van der Waals surface area contributed by atoms with Crippen molar-refractivity contribution in [2.45, 2.75) is 25.8 Å². The summed E-state index contributed by atoms with van der Waals surface area (Å²) in [4.78, 5) is 7.09. The fraction of sp³-hybridized carbons (Fsp3) is 0.357. The van der Waals surface area contributed by atoms with Gasteiger partial charge in [-0.05, 0) is 5.56 Å². The molecule has 1 aromatic carbocycles. The predicted molar refractivity (Wildman–Crippen MR) is 69.8 cm³/mol. The molecule has 0 aliphatic heterocycles. The molecule has 17 heavy (non-hydrogen) atoms. The van der Waals surface area contributed by atoms with E-state index in [1.807, 2.05) is 6.20 Å². The van der Waals surface area contributed by atoms with Crippen LogP contribution >= 0.6 is 0 Å². The standard InChI is InChI=1S/C14H19N3/c1-14(2,12-6-4-3-5-7-12)10-15-8-13-9-16-11-17-13/h3-7,9,11,15H,8,10H2,1-2H3,(H,16,17). The number of imidazole rings is 1. The maximum atomic E-state index is 4.00. The Balaban J connectivity index is 1.90. The smallest absolute Gasteiger partial charge is 0.0922 e. The summed E-state index contributed by atoms with van der Waals surface area (Å²) in [7, 11) is 0. The van der Waals surface area contributed by atoms with Crippen LogP contribution in [0.1, 0.15) is 25.1 Å². The first kappa shape index (κ1) is 11.9. The van der Waals surface area contributed by atoms with E-state index in [4.69, 9.17) is 0 Å². The van der Waals surface area contributed by atoms with Gasteiger partial charge in [0.2, 0.25) is 0 Å². The van der Waals surface area contributed by atoms with Crippen LogP contribution in [0.25, 0.3) is 0 Å².